The van der Waals surface area contributed by atoms with Gasteiger partial charge in [0.25, 0.3) is 5.91 Å². The van der Waals surface area contributed by atoms with Crippen LogP contribution in [0.25, 0.3) is 0 Å². The van der Waals surface area contributed by atoms with Crippen LogP contribution in [0.5, 0.6) is 0 Å². The molecule has 7 atom stereocenters. The van der Waals surface area contributed by atoms with Gasteiger partial charge in [0.2, 0.25) is 5.91 Å². The number of aliphatic hydroxyl groups is 1. The number of carbonyl (C=O) groups excluding carboxylic acids is 3. The average molecular weight is 537 g/mol. The Labute approximate surface area is 230 Å². The highest BCUT2D eigenvalue weighted by molar-refractivity contribution is 6.06. The van der Waals surface area contributed by atoms with Crippen LogP contribution in [0.4, 0.5) is 5.69 Å². The Morgan fingerprint density at radius 1 is 1.08 bits per heavy atom. The summed E-state index contributed by atoms with van der Waals surface area (Å²) in [4.78, 5) is 46.1. The van der Waals surface area contributed by atoms with Gasteiger partial charge in [-0.15, -0.1) is 0 Å². The van der Waals surface area contributed by atoms with Crippen molar-refractivity contribution in [2.24, 2.45) is 17.8 Å². The number of ether oxygens (including phenoxy) is 2. The van der Waals surface area contributed by atoms with Gasteiger partial charge in [-0.05, 0) is 49.8 Å². The van der Waals surface area contributed by atoms with Gasteiger partial charge in [0.05, 0.1) is 25.2 Å². The summed E-state index contributed by atoms with van der Waals surface area (Å²) in [5.41, 5.74) is 0.277. The van der Waals surface area contributed by atoms with Crippen molar-refractivity contribution in [3.8, 4) is 0 Å². The number of nitrogens with zero attached hydrogens (tertiary/aromatic N) is 2. The minimum absolute atomic E-state index is 0.0795. The summed E-state index contributed by atoms with van der Waals surface area (Å²) in [7, 11) is 0. The second kappa shape index (κ2) is 10.2. The van der Waals surface area contributed by atoms with Crippen LogP contribution >= 0.6 is 0 Å². The Morgan fingerprint density at radius 2 is 1.85 bits per heavy atom. The van der Waals surface area contributed by atoms with Crippen LogP contribution in [-0.2, 0) is 23.9 Å². The fourth-order valence-electron chi connectivity index (χ4n) is 7.07. The van der Waals surface area contributed by atoms with Crippen LogP contribution < -0.4 is 4.90 Å². The number of cyclic esters (lactones) is 1. The largest absolute Gasteiger partial charge is 0.465 e. The van der Waals surface area contributed by atoms with E-state index in [4.69, 9.17) is 9.47 Å². The predicted molar refractivity (Wildman–Crippen MR) is 147 cm³/mol. The van der Waals surface area contributed by atoms with E-state index in [9.17, 15) is 19.5 Å². The molecular formula is C31H40N2O6. The summed E-state index contributed by atoms with van der Waals surface area (Å²) in [5, 5.41) is 10.6. The molecule has 4 aliphatic heterocycles. The number of benzene rings is 1. The molecule has 0 bridgehead atoms. The predicted octanol–water partition coefficient (Wildman–Crippen LogP) is 3.48. The standard InChI is InChI=1S/C31H40N2O6/c1-6-20(4)23(18-34)33-26-28(36)32(22-17-19(3)11-12-21(22)5)15-10-14-31(26)24(27(33)35)25-29(37)38-16-9-8-13-30(25,7-2)39-31/h8,10-14,17,20,23-26,34H,6-7,9,15-16,18H2,1-5H3/t20-,23-,24-,25-,26?,30+,31-/m0/s1. The lowest BCUT2D eigenvalue weighted by Crippen LogP contribution is -2.60. The Morgan fingerprint density at radius 3 is 2.54 bits per heavy atom. The van der Waals surface area contributed by atoms with Crippen molar-refractivity contribution >= 4 is 23.5 Å². The number of hydrogen-bond donors (Lipinski definition) is 1. The van der Waals surface area contributed by atoms with Crippen LogP contribution in [0.1, 0.15) is 51.2 Å². The average Bonchev–Trinajstić information content (AvgIpc) is 3.26. The van der Waals surface area contributed by atoms with Gasteiger partial charge in [-0.2, -0.15) is 0 Å². The Bertz CT molecular complexity index is 1230. The van der Waals surface area contributed by atoms with E-state index >= 15 is 0 Å². The molecule has 8 nitrogen and oxygen atoms in total. The number of carbonyl (C=O) groups is 3. The van der Waals surface area contributed by atoms with Crippen LogP contribution in [0, 0.1) is 31.6 Å². The highest BCUT2D eigenvalue weighted by Crippen LogP contribution is 2.59. The highest BCUT2D eigenvalue weighted by atomic mass is 16.6. The lowest BCUT2D eigenvalue weighted by atomic mass is 9.73. The molecule has 5 rings (SSSR count). The number of amides is 2. The van der Waals surface area contributed by atoms with E-state index in [1.54, 1.807) is 9.80 Å². The molecule has 0 aliphatic carbocycles. The Kier molecular flexibility index (Phi) is 7.22. The van der Waals surface area contributed by atoms with Crippen molar-refractivity contribution < 1.29 is 29.0 Å². The number of fused-ring (bicyclic) bond motifs is 2. The Balaban J connectivity index is 1.73. The normalized spacial score (nSPS) is 33.6. The minimum Gasteiger partial charge on any atom is -0.465 e. The van der Waals surface area contributed by atoms with Crippen molar-refractivity contribution in [2.45, 2.75) is 77.2 Å². The maximum absolute atomic E-state index is 14.7. The molecule has 1 spiro atoms. The van der Waals surface area contributed by atoms with E-state index in [0.717, 1.165) is 16.8 Å². The number of anilines is 1. The first-order valence-electron chi connectivity index (χ1n) is 14.2. The van der Waals surface area contributed by atoms with E-state index in [0.29, 0.717) is 25.8 Å². The molecule has 4 aliphatic rings. The molecule has 1 N–H and O–H groups in total. The van der Waals surface area contributed by atoms with Gasteiger partial charge < -0.3 is 24.4 Å². The summed E-state index contributed by atoms with van der Waals surface area (Å²) in [6, 6.07) is 4.32. The second-order valence-corrected chi connectivity index (χ2v) is 11.5. The van der Waals surface area contributed by atoms with Crippen molar-refractivity contribution in [1.29, 1.82) is 0 Å². The van der Waals surface area contributed by atoms with Crippen molar-refractivity contribution in [3.63, 3.8) is 0 Å². The molecule has 0 radical (unpaired) electrons. The number of esters is 1. The molecule has 8 heteroatoms. The fourth-order valence-corrected chi connectivity index (χ4v) is 7.07. The van der Waals surface area contributed by atoms with Gasteiger partial charge in [0, 0.05) is 12.2 Å². The third kappa shape index (κ3) is 4.06. The third-order valence-electron chi connectivity index (χ3n) is 9.34. The van der Waals surface area contributed by atoms with Gasteiger partial charge in [-0.3, -0.25) is 14.4 Å². The van der Waals surface area contributed by atoms with Gasteiger partial charge in [-0.25, -0.2) is 0 Å². The van der Waals surface area contributed by atoms with E-state index in [1.807, 2.05) is 77.1 Å². The number of rotatable bonds is 6. The van der Waals surface area contributed by atoms with Crippen LogP contribution in [-0.4, -0.2) is 70.8 Å². The molecule has 210 valence electrons. The quantitative estimate of drug-likeness (QED) is 0.442. The van der Waals surface area contributed by atoms with Gasteiger partial charge in [-0.1, -0.05) is 63.6 Å². The molecule has 39 heavy (non-hydrogen) atoms. The third-order valence-corrected chi connectivity index (χ3v) is 9.34. The fraction of sp³-hybridized carbons (Fsp3) is 0.581. The van der Waals surface area contributed by atoms with Gasteiger partial charge in [0.15, 0.2) is 0 Å². The summed E-state index contributed by atoms with van der Waals surface area (Å²) < 4.78 is 12.6. The maximum atomic E-state index is 14.7. The van der Waals surface area contributed by atoms with Crippen molar-refractivity contribution in [3.05, 3.63) is 53.6 Å². The molecule has 0 saturated carbocycles. The highest BCUT2D eigenvalue weighted by Gasteiger charge is 2.76. The van der Waals surface area contributed by atoms with Crippen LogP contribution in [0.2, 0.25) is 0 Å². The smallest absolute Gasteiger partial charge is 0.313 e. The molecule has 0 aromatic heterocycles. The zero-order valence-electron chi connectivity index (χ0n) is 23.6. The van der Waals surface area contributed by atoms with Gasteiger partial charge in [0.1, 0.15) is 23.2 Å². The molecular weight excluding hydrogens is 496 g/mol. The first-order chi connectivity index (χ1) is 18.7. The molecule has 1 unspecified atom stereocenters. The molecule has 2 saturated heterocycles. The topological polar surface area (TPSA) is 96.4 Å². The lowest BCUT2D eigenvalue weighted by molar-refractivity contribution is -0.162. The van der Waals surface area contributed by atoms with Gasteiger partial charge >= 0.3 is 5.97 Å². The number of likely N-dealkylation sites (tertiary alicyclic amines) is 1. The van der Waals surface area contributed by atoms with Crippen LogP contribution in [0.15, 0.2) is 42.5 Å². The number of aryl methyl sites for hydroxylation is 2. The summed E-state index contributed by atoms with van der Waals surface area (Å²) in [6.07, 6.45) is 9.29. The lowest BCUT2D eigenvalue weighted by Gasteiger charge is -2.42. The molecule has 1 aromatic carbocycles. The summed E-state index contributed by atoms with van der Waals surface area (Å²) in [5.74, 6) is -3.02. The van der Waals surface area contributed by atoms with E-state index in [1.165, 1.54) is 0 Å². The number of hydrogen-bond acceptors (Lipinski definition) is 6. The number of aliphatic hydroxyl groups excluding tert-OH is 1. The molecule has 4 heterocycles. The first kappa shape index (κ1) is 27.6. The van der Waals surface area contributed by atoms with E-state index in [-0.39, 0.29) is 30.9 Å². The SMILES string of the molecule is CC[C@H](C)[C@H](CO)N1C(=O)[C@@H]2[C@H]3C(=O)OCCC=C[C@@]3(CC)O[C@@]23C=CCN(c2cc(C)ccc2C)C(=O)C13. The summed E-state index contributed by atoms with van der Waals surface area (Å²) >= 11 is 0. The first-order valence-corrected chi connectivity index (χ1v) is 14.2. The maximum Gasteiger partial charge on any atom is 0.313 e. The zero-order valence-corrected chi connectivity index (χ0v) is 23.6. The van der Waals surface area contributed by atoms with Crippen LogP contribution in [0.3, 0.4) is 0 Å². The van der Waals surface area contributed by atoms with E-state index in [2.05, 4.69) is 0 Å². The summed E-state index contributed by atoms with van der Waals surface area (Å²) in [6.45, 7) is 10.1. The molecule has 1 aromatic rings. The minimum atomic E-state index is -1.38. The zero-order chi connectivity index (χ0) is 28.1. The van der Waals surface area contributed by atoms with E-state index < -0.39 is 41.1 Å². The monoisotopic (exact) mass is 536 g/mol. The molecule has 2 amide bonds. The van der Waals surface area contributed by atoms with Crippen molar-refractivity contribution in [1.82, 2.24) is 4.90 Å². The van der Waals surface area contributed by atoms with Crippen molar-refractivity contribution in [2.75, 3.05) is 24.7 Å². The molecule has 2 fully saturated rings. The Hall–Kier alpha value is -2.97. The second-order valence-electron chi connectivity index (χ2n) is 11.5.